The number of hydrogen-bond donors (Lipinski definition) is 2. The summed E-state index contributed by atoms with van der Waals surface area (Å²) in [5.41, 5.74) is -1.21. The molecule has 0 fully saturated rings. The lowest BCUT2D eigenvalue weighted by atomic mass is 10.2. The van der Waals surface area contributed by atoms with Crippen molar-refractivity contribution < 1.29 is 22.8 Å². The predicted octanol–water partition coefficient (Wildman–Crippen LogP) is 3.25. The van der Waals surface area contributed by atoms with Crippen molar-refractivity contribution in [3.05, 3.63) is 28.8 Å². The Morgan fingerprint density at radius 2 is 1.84 bits per heavy atom. The fourth-order valence-electron chi connectivity index (χ4n) is 1.15. The lowest BCUT2D eigenvalue weighted by molar-refractivity contribution is -0.137. The van der Waals surface area contributed by atoms with E-state index >= 15 is 0 Å². The van der Waals surface area contributed by atoms with Crippen molar-refractivity contribution in [3.8, 4) is 0 Å². The average molecular weight is 315 g/mol. The van der Waals surface area contributed by atoms with Gasteiger partial charge < -0.3 is 5.32 Å². The van der Waals surface area contributed by atoms with Crippen molar-refractivity contribution in [1.82, 2.24) is 5.32 Å². The van der Waals surface area contributed by atoms with E-state index in [-0.39, 0.29) is 10.7 Å². The van der Waals surface area contributed by atoms with Crippen LogP contribution in [-0.4, -0.2) is 17.8 Å². The predicted molar refractivity (Wildman–Crippen MR) is 64.3 cm³/mol. The van der Waals surface area contributed by atoms with Gasteiger partial charge in [-0.05, 0) is 18.2 Å². The molecule has 4 nitrogen and oxygen atoms in total. The molecule has 1 aromatic rings. The number of urea groups is 1. The molecular weight excluding hydrogens is 308 g/mol. The standard InChI is InChI=1S/C10H7Cl2F3N2O2/c11-4-8(18)17-9(19)16-7-2-5(10(13,14)15)1-6(12)3-7/h1-3H,4H2,(H2,16,17,18,19). The summed E-state index contributed by atoms with van der Waals surface area (Å²) in [5, 5.41) is 3.66. The van der Waals surface area contributed by atoms with Gasteiger partial charge in [-0.3, -0.25) is 10.1 Å². The van der Waals surface area contributed by atoms with Crippen molar-refractivity contribution in [1.29, 1.82) is 0 Å². The molecule has 2 N–H and O–H groups in total. The minimum Gasteiger partial charge on any atom is -0.308 e. The number of benzene rings is 1. The van der Waals surface area contributed by atoms with Gasteiger partial charge in [0, 0.05) is 10.7 Å². The first-order valence-electron chi connectivity index (χ1n) is 4.77. The van der Waals surface area contributed by atoms with Crippen molar-refractivity contribution in [3.63, 3.8) is 0 Å². The minimum absolute atomic E-state index is 0.195. The van der Waals surface area contributed by atoms with Crippen molar-refractivity contribution >= 4 is 40.8 Å². The quantitative estimate of drug-likeness (QED) is 0.823. The van der Waals surface area contributed by atoms with E-state index in [4.69, 9.17) is 23.2 Å². The molecule has 0 saturated carbocycles. The molecule has 0 aromatic heterocycles. The van der Waals surface area contributed by atoms with Gasteiger partial charge in [-0.2, -0.15) is 13.2 Å². The Morgan fingerprint density at radius 3 is 2.37 bits per heavy atom. The van der Waals surface area contributed by atoms with Gasteiger partial charge in [-0.1, -0.05) is 11.6 Å². The number of nitrogens with one attached hydrogen (secondary N) is 2. The highest BCUT2D eigenvalue weighted by atomic mass is 35.5. The van der Waals surface area contributed by atoms with Crippen LogP contribution in [0.5, 0.6) is 0 Å². The van der Waals surface area contributed by atoms with Gasteiger partial charge in [0.15, 0.2) is 0 Å². The SMILES string of the molecule is O=C(CCl)NC(=O)Nc1cc(Cl)cc(C(F)(F)F)c1. The van der Waals surface area contributed by atoms with E-state index in [1.807, 2.05) is 10.6 Å². The molecule has 0 aliphatic carbocycles. The maximum absolute atomic E-state index is 12.5. The number of imide groups is 1. The van der Waals surface area contributed by atoms with Crippen molar-refractivity contribution in [2.75, 3.05) is 11.2 Å². The number of amides is 3. The monoisotopic (exact) mass is 314 g/mol. The fraction of sp³-hybridized carbons (Fsp3) is 0.200. The average Bonchev–Trinajstić information content (AvgIpc) is 2.26. The molecule has 0 bridgehead atoms. The van der Waals surface area contributed by atoms with Crippen LogP contribution in [0.1, 0.15) is 5.56 Å². The van der Waals surface area contributed by atoms with Gasteiger partial charge in [0.05, 0.1) is 5.56 Å². The highest BCUT2D eigenvalue weighted by Gasteiger charge is 2.31. The van der Waals surface area contributed by atoms with Gasteiger partial charge in [0.2, 0.25) is 5.91 Å². The van der Waals surface area contributed by atoms with E-state index < -0.39 is 29.6 Å². The number of rotatable bonds is 2. The molecule has 0 atom stereocenters. The molecule has 104 valence electrons. The number of alkyl halides is 4. The number of carbonyl (C=O) groups is 2. The van der Waals surface area contributed by atoms with Crippen LogP contribution in [0.4, 0.5) is 23.7 Å². The third-order valence-electron chi connectivity index (χ3n) is 1.86. The molecule has 1 rings (SSSR count). The molecule has 1 aromatic carbocycles. The van der Waals surface area contributed by atoms with Gasteiger partial charge in [0.25, 0.3) is 0 Å². The number of carbonyl (C=O) groups excluding carboxylic acids is 2. The van der Waals surface area contributed by atoms with E-state index in [9.17, 15) is 22.8 Å². The molecule has 0 aliphatic heterocycles. The normalized spacial score (nSPS) is 11.0. The second kappa shape index (κ2) is 6.12. The molecular formula is C10H7Cl2F3N2O2. The Labute approximate surface area is 115 Å². The van der Waals surface area contributed by atoms with Crippen LogP contribution in [0.15, 0.2) is 18.2 Å². The lowest BCUT2D eigenvalue weighted by Crippen LogP contribution is -2.35. The molecule has 3 amide bonds. The topological polar surface area (TPSA) is 58.2 Å². The van der Waals surface area contributed by atoms with Crippen LogP contribution in [0.2, 0.25) is 5.02 Å². The fourth-order valence-corrected chi connectivity index (χ4v) is 1.45. The molecule has 0 unspecified atom stereocenters. The zero-order valence-electron chi connectivity index (χ0n) is 9.15. The van der Waals surface area contributed by atoms with Crippen LogP contribution in [0.25, 0.3) is 0 Å². The molecule has 0 radical (unpaired) electrons. The van der Waals surface area contributed by atoms with Crippen LogP contribution in [0, 0.1) is 0 Å². The first kappa shape index (κ1) is 15.6. The molecule has 0 saturated heterocycles. The van der Waals surface area contributed by atoms with Crippen LogP contribution in [0.3, 0.4) is 0 Å². The van der Waals surface area contributed by atoms with Crippen molar-refractivity contribution in [2.24, 2.45) is 0 Å². The molecule has 19 heavy (non-hydrogen) atoms. The first-order valence-corrected chi connectivity index (χ1v) is 5.68. The summed E-state index contributed by atoms with van der Waals surface area (Å²) in [6, 6.07) is 1.52. The van der Waals surface area contributed by atoms with E-state index in [0.29, 0.717) is 12.1 Å². The summed E-state index contributed by atoms with van der Waals surface area (Å²) >= 11 is 10.7. The highest BCUT2D eigenvalue weighted by Crippen LogP contribution is 2.33. The van der Waals surface area contributed by atoms with Crippen molar-refractivity contribution in [2.45, 2.75) is 6.18 Å². The largest absolute Gasteiger partial charge is 0.416 e. The third-order valence-corrected chi connectivity index (χ3v) is 2.32. The Bertz CT molecular complexity index is 506. The summed E-state index contributed by atoms with van der Waals surface area (Å²) in [7, 11) is 0. The molecule has 0 spiro atoms. The Balaban J connectivity index is 2.87. The van der Waals surface area contributed by atoms with Crippen LogP contribution in [-0.2, 0) is 11.0 Å². The molecule has 9 heteroatoms. The summed E-state index contributed by atoms with van der Waals surface area (Å²) in [6.07, 6.45) is -4.59. The Hall–Kier alpha value is -1.47. The number of anilines is 1. The molecule has 0 heterocycles. The molecule has 0 aliphatic rings. The van der Waals surface area contributed by atoms with E-state index in [0.717, 1.165) is 6.07 Å². The van der Waals surface area contributed by atoms with Gasteiger partial charge in [-0.15, -0.1) is 11.6 Å². The van der Waals surface area contributed by atoms with Gasteiger partial charge in [0.1, 0.15) is 5.88 Å². The van der Waals surface area contributed by atoms with Crippen LogP contribution >= 0.6 is 23.2 Å². The zero-order valence-corrected chi connectivity index (χ0v) is 10.7. The van der Waals surface area contributed by atoms with Gasteiger partial charge in [-0.25, -0.2) is 4.79 Å². The summed E-state index contributed by atoms with van der Waals surface area (Å²) in [4.78, 5) is 22.0. The van der Waals surface area contributed by atoms with E-state index in [1.165, 1.54) is 0 Å². The van der Waals surface area contributed by atoms with E-state index in [1.54, 1.807) is 0 Å². The minimum atomic E-state index is -4.59. The number of hydrogen-bond acceptors (Lipinski definition) is 2. The zero-order chi connectivity index (χ0) is 14.6. The van der Waals surface area contributed by atoms with Gasteiger partial charge >= 0.3 is 12.2 Å². The maximum atomic E-state index is 12.5. The summed E-state index contributed by atoms with van der Waals surface area (Å²) in [6.45, 7) is 0. The number of halogens is 5. The first-order chi connectivity index (χ1) is 8.72. The van der Waals surface area contributed by atoms with Crippen LogP contribution < -0.4 is 10.6 Å². The summed E-state index contributed by atoms with van der Waals surface area (Å²) in [5.74, 6) is -1.23. The Kier molecular flexibility index (Phi) is 5.02. The Morgan fingerprint density at radius 1 is 1.21 bits per heavy atom. The smallest absolute Gasteiger partial charge is 0.308 e. The summed E-state index contributed by atoms with van der Waals surface area (Å²) < 4.78 is 37.5. The lowest BCUT2D eigenvalue weighted by Gasteiger charge is -2.11. The maximum Gasteiger partial charge on any atom is 0.416 e. The highest BCUT2D eigenvalue weighted by molar-refractivity contribution is 6.31. The van der Waals surface area contributed by atoms with E-state index in [2.05, 4.69) is 0 Å². The second-order valence-electron chi connectivity index (χ2n) is 3.36. The third kappa shape index (κ3) is 4.96. The second-order valence-corrected chi connectivity index (χ2v) is 4.07.